The fraction of sp³-hybridized carbons (Fsp3) is 0.667. The predicted octanol–water partition coefficient (Wildman–Crippen LogP) is 3.87. The van der Waals surface area contributed by atoms with Crippen molar-refractivity contribution in [3.05, 3.63) is 23.8 Å². The molecule has 0 bridgehead atoms. The summed E-state index contributed by atoms with van der Waals surface area (Å²) in [6.45, 7) is 5.94. The third-order valence-electron chi connectivity index (χ3n) is 6.83. The molecule has 150 valence electrons. The predicted molar refractivity (Wildman–Crippen MR) is 103 cm³/mol. The van der Waals surface area contributed by atoms with E-state index in [4.69, 9.17) is 9.47 Å². The maximum Gasteiger partial charge on any atom is 0.407 e. The molecule has 0 aromatic heterocycles. The van der Waals surface area contributed by atoms with Gasteiger partial charge in [0.25, 0.3) is 0 Å². The lowest BCUT2D eigenvalue weighted by Crippen LogP contribution is -2.45. The standard InChI is InChI=1S/C21H31NO5/c1-13-21(3,14(2)23)17(12-22(13)20(24)25)15-9-10-18(26-4)19(11-15)27-16-7-5-6-8-16/h9-11,13-14,16-17,23H,5-8,12H2,1-4H3,(H,24,25)/t13?,14-,17-,21-/m1/s1. The monoisotopic (exact) mass is 377 g/mol. The van der Waals surface area contributed by atoms with Gasteiger partial charge >= 0.3 is 6.09 Å². The van der Waals surface area contributed by atoms with Crippen LogP contribution < -0.4 is 9.47 Å². The number of nitrogens with zero attached hydrogens (tertiary/aromatic N) is 1. The Morgan fingerprint density at radius 2 is 1.96 bits per heavy atom. The van der Waals surface area contributed by atoms with Crippen LogP contribution in [0.25, 0.3) is 0 Å². The van der Waals surface area contributed by atoms with Gasteiger partial charge in [-0.3, -0.25) is 0 Å². The molecule has 2 aliphatic rings. The van der Waals surface area contributed by atoms with E-state index in [1.54, 1.807) is 14.0 Å². The van der Waals surface area contributed by atoms with Crippen molar-refractivity contribution in [3.63, 3.8) is 0 Å². The Bertz CT molecular complexity index is 685. The highest BCUT2D eigenvalue weighted by Crippen LogP contribution is 2.50. The number of carboxylic acid groups (broad SMARTS) is 1. The maximum absolute atomic E-state index is 11.7. The van der Waals surface area contributed by atoms with Gasteiger partial charge in [0.05, 0.1) is 19.3 Å². The normalized spacial score (nSPS) is 29.7. The largest absolute Gasteiger partial charge is 0.493 e. The Morgan fingerprint density at radius 3 is 2.52 bits per heavy atom. The van der Waals surface area contributed by atoms with Gasteiger partial charge in [-0.25, -0.2) is 4.79 Å². The molecule has 4 atom stereocenters. The van der Waals surface area contributed by atoms with Gasteiger partial charge in [0.2, 0.25) is 0 Å². The molecule has 3 rings (SSSR count). The summed E-state index contributed by atoms with van der Waals surface area (Å²) in [5.74, 6) is 1.27. The van der Waals surface area contributed by atoms with Crippen LogP contribution >= 0.6 is 0 Å². The quantitative estimate of drug-likeness (QED) is 0.814. The second-order valence-electron chi connectivity index (χ2n) is 8.14. The molecular weight excluding hydrogens is 346 g/mol. The minimum Gasteiger partial charge on any atom is -0.493 e. The van der Waals surface area contributed by atoms with E-state index in [-0.39, 0.29) is 18.1 Å². The lowest BCUT2D eigenvalue weighted by molar-refractivity contribution is 0.0204. The number of hydrogen-bond donors (Lipinski definition) is 2. The van der Waals surface area contributed by atoms with Gasteiger partial charge in [-0.2, -0.15) is 0 Å². The molecular formula is C21H31NO5. The second-order valence-corrected chi connectivity index (χ2v) is 8.14. The number of aliphatic hydroxyl groups is 1. The van der Waals surface area contributed by atoms with Crippen LogP contribution in [0.4, 0.5) is 4.79 Å². The van der Waals surface area contributed by atoms with Crippen molar-refractivity contribution in [1.29, 1.82) is 0 Å². The van der Waals surface area contributed by atoms with E-state index in [0.717, 1.165) is 18.4 Å². The first kappa shape index (κ1) is 19.8. The van der Waals surface area contributed by atoms with Crippen molar-refractivity contribution in [1.82, 2.24) is 4.90 Å². The molecule has 1 amide bonds. The van der Waals surface area contributed by atoms with Crippen molar-refractivity contribution in [2.24, 2.45) is 5.41 Å². The first-order valence-corrected chi connectivity index (χ1v) is 9.81. The Kier molecular flexibility index (Phi) is 5.56. The zero-order valence-electron chi connectivity index (χ0n) is 16.6. The number of aliphatic hydroxyl groups excluding tert-OH is 1. The van der Waals surface area contributed by atoms with Crippen molar-refractivity contribution >= 4 is 6.09 Å². The SMILES string of the molecule is COc1ccc([C@H]2CN(C(=O)O)C(C)[C@]2(C)[C@@H](C)O)cc1OC1CCCC1. The second kappa shape index (κ2) is 7.58. The van der Waals surface area contributed by atoms with Gasteiger partial charge in [-0.05, 0) is 57.2 Å². The first-order valence-electron chi connectivity index (χ1n) is 9.81. The summed E-state index contributed by atoms with van der Waals surface area (Å²) in [6, 6.07) is 5.53. The fourth-order valence-corrected chi connectivity index (χ4v) is 4.71. The van der Waals surface area contributed by atoms with E-state index < -0.39 is 17.6 Å². The van der Waals surface area contributed by atoms with E-state index in [1.165, 1.54) is 17.7 Å². The first-order chi connectivity index (χ1) is 12.8. The van der Waals surface area contributed by atoms with Crippen LogP contribution in [0.2, 0.25) is 0 Å². The number of carbonyl (C=O) groups is 1. The van der Waals surface area contributed by atoms with E-state index in [2.05, 4.69) is 0 Å². The van der Waals surface area contributed by atoms with Crippen LogP contribution in [0.3, 0.4) is 0 Å². The summed E-state index contributed by atoms with van der Waals surface area (Å²) in [7, 11) is 1.63. The Labute approximate surface area is 161 Å². The molecule has 1 aliphatic carbocycles. The van der Waals surface area contributed by atoms with Gasteiger partial charge in [-0.15, -0.1) is 0 Å². The molecule has 27 heavy (non-hydrogen) atoms. The lowest BCUT2D eigenvalue weighted by Gasteiger charge is -2.38. The number of rotatable bonds is 5. The maximum atomic E-state index is 11.7. The highest BCUT2D eigenvalue weighted by Gasteiger charge is 2.53. The van der Waals surface area contributed by atoms with Gasteiger partial charge in [0.15, 0.2) is 11.5 Å². The molecule has 0 radical (unpaired) electrons. The topological polar surface area (TPSA) is 79.2 Å². The summed E-state index contributed by atoms with van der Waals surface area (Å²) in [6.07, 6.45) is 3.06. The van der Waals surface area contributed by atoms with Crippen molar-refractivity contribution in [2.75, 3.05) is 13.7 Å². The van der Waals surface area contributed by atoms with Crippen molar-refractivity contribution in [3.8, 4) is 11.5 Å². The van der Waals surface area contributed by atoms with Crippen LogP contribution in [0.5, 0.6) is 11.5 Å². The fourth-order valence-electron chi connectivity index (χ4n) is 4.71. The van der Waals surface area contributed by atoms with Crippen molar-refractivity contribution in [2.45, 2.75) is 70.6 Å². The number of benzene rings is 1. The van der Waals surface area contributed by atoms with E-state index in [0.29, 0.717) is 18.0 Å². The van der Waals surface area contributed by atoms with Crippen LogP contribution in [-0.4, -0.2) is 53.1 Å². The zero-order chi connectivity index (χ0) is 19.8. The van der Waals surface area contributed by atoms with Crippen molar-refractivity contribution < 1.29 is 24.5 Å². The molecule has 1 heterocycles. The summed E-state index contributed by atoms with van der Waals surface area (Å²) >= 11 is 0. The smallest absolute Gasteiger partial charge is 0.407 e. The summed E-state index contributed by atoms with van der Waals surface area (Å²) in [5, 5.41) is 20.1. The highest BCUT2D eigenvalue weighted by atomic mass is 16.5. The van der Waals surface area contributed by atoms with Crippen LogP contribution in [0, 0.1) is 5.41 Å². The molecule has 6 nitrogen and oxygen atoms in total. The Morgan fingerprint density at radius 1 is 1.30 bits per heavy atom. The molecule has 1 saturated carbocycles. The molecule has 0 spiro atoms. The molecule has 2 fully saturated rings. The minimum atomic E-state index is -0.951. The van der Waals surface area contributed by atoms with Crippen LogP contribution in [0.1, 0.15) is 57.9 Å². The molecule has 1 aliphatic heterocycles. The van der Waals surface area contributed by atoms with Gasteiger partial charge < -0.3 is 24.6 Å². The molecule has 1 aromatic carbocycles. The number of ether oxygens (including phenoxy) is 2. The van der Waals surface area contributed by atoms with Gasteiger partial charge in [0, 0.05) is 23.9 Å². The van der Waals surface area contributed by atoms with Crippen LogP contribution in [0.15, 0.2) is 18.2 Å². The summed E-state index contributed by atoms with van der Waals surface area (Å²) in [4.78, 5) is 13.1. The van der Waals surface area contributed by atoms with E-state index >= 15 is 0 Å². The molecule has 1 aromatic rings. The number of hydrogen-bond acceptors (Lipinski definition) is 4. The average molecular weight is 377 g/mol. The molecule has 1 saturated heterocycles. The third-order valence-corrected chi connectivity index (χ3v) is 6.83. The van der Waals surface area contributed by atoms with Gasteiger partial charge in [-0.1, -0.05) is 13.0 Å². The van der Waals surface area contributed by atoms with Crippen LogP contribution in [-0.2, 0) is 0 Å². The summed E-state index contributed by atoms with van der Waals surface area (Å²) in [5.41, 5.74) is 0.389. The molecule has 6 heteroatoms. The lowest BCUT2D eigenvalue weighted by atomic mass is 9.69. The number of methoxy groups -OCH3 is 1. The highest BCUT2D eigenvalue weighted by molar-refractivity contribution is 5.66. The van der Waals surface area contributed by atoms with E-state index in [9.17, 15) is 15.0 Å². The number of likely N-dealkylation sites (tertiary alicyclic amines) is 1. The molecule has 1 unspecified atom stereocenters. The average Bonchev–Trinajstić information content (AvgIpc) is 3.23. The van der Waals surface area contributed by atoms with E-state index in [1.807, 2.05) is 32.0 Å². The zero-order valence-corrected chi connectivity index (χ0v) is 16.6. The Balaban J connectivity index is 1.96. The Hall–Kier alpha value is -1.95. The molecule has 2 N–H and O–H groups in total. The minimum absolute atomic E-state index is 0.125. The number of amides is 1. The summed E-state index contributed by atoms with van der Waals surface area (Å²) < 4.78 is 11.7. The third kappa shape index (κ3) is 3.47. The van der Waals surface area contributed by atoms with Gasteiger partial charge in [0.1, 0.15) is 0 Å².